The second-order valence-corrected chi connectivity index (χ2v) is 6.55. The number of likely N-dealkylation sites (N-methyl/N-ethyl adjacent to an activating group) is 1. The Labute approximate surface area is 126 Å². The zero-order chi connectivity index (χ0) is 14.3. The minimum Gasteiger partial charge on any atom is -0.394 e. The van der Waals surface area contributed by atoms with E-state index in [1.165, 1.54) is 5.56 Å². The predicted molar refractivity (Wildman–Crippen MR) is 85.2 cm³/mol. The molecule has 0 aromatic heterocycles. The van der Waals surface area contributed by atoms with Gasteiger partial charge in [0.1, 0.15) is 0 Å². The van der Waals surface area contributed by atoms with Crippen molar-refractivity contribution >= 4 is 11.8 Å². The van der Waals surface area contributed by atoms with Gasteiger partial charge in [-0.25, -0.2) is 0 Å². The van der Waals surface area contributed by atoms with E-state index in [0.717, 1.165) is 38.4 Å². The van der Waals surface area contributed by atoms with Gasteiger partial charge in [0.25, 0.3) is 0 Å². The van der Waals surface area contributed by atoms with Crippen LogP contribution in [0.1, 0.15) is 25.3 Å². The number of nitrogens with one attached hydrogen (secondary N) is 1. The van der Waals surface area contributed by atoms with Gasteiger partial charge in [-0.1, -0.05) is 37.3 Å². The molecule has 0 amide bonds. The number of thioether (sulfide) groups is 1. The summed E-state index contributed by atoms with van der Waals surface area (Å²) in [5.41, 5.74) is 0.836. The smallest absolute Gasteiger partial charge is 0.0760 e. The van der Waals surface area contributed by atoms with Crippen LogP contribution in [0, 0.1) is 0 Å². The maximum Gasteiger partial charge on any atom is 0.0760 e. The summed E-state index contributed by atoms with van der Waals surface area (Å²) in [6.45, 7) is 4.81. The number of aliphatic hydroxyl groups excluding tert-OH is 1. The first-order valence-electron chi connectivity index (χ1n) is 7.41. The zero-order valence-electron chi connectivity index (χ0n) is 12.2. The van der Waals surface area contributed by atoms with E-state index >= 15 is 0 Å². The van der Waals surface area contributed by atoms with Gasteiger partial charge in [-0.3, -0.25) is 0 Å². The van der Waals surface area contributed by atoms with Crippen molar-refractivity contribution in [2.45, 2.75) is 30.6 Å². The zero-order valence-corrected chi connectivity index (χ0v) is 13.0. The number of aliphatic hydroxyl groups is 1. The topological polar surface area (TPSA) is 41.5 Å². The van der Waals surface area contributed by atoms with Crippen LogP contribution in [0.5, 0.6) is 0 Å². The molecule has 20 heavy (non-hydrogen) atoms. The molecule has 3 nitrogen and oxygen atoms in total. The molecule has 1 heterocycles. The van der Waals surface area contributed by atoms with Crippen LogP contribution < -0.4 is 5.32 Å². The summed E-state index contributed by atoms with van der Waals surface area (Å²) in [6.07, 6.45) is 2.24. The Morgan fingerprint density at radius 2 is 2.00 bits per heavy atom. The van der Waals surface area contributed by atoms with E-state index in [2.05, 4.69) is 24.4 Å². The third-order valence-corrected chi connectivity index (χ3v) is 5.45. The van der Waals surface area contributed by atoms with Gasteiger partial charge >= 0.3 is 0 Å². The van der Waals surface area contributed by atoms with Gasteiger partial charge in [0.15, 0.2) is 0 Å². The van der Waals surface area contributed by atoms with Gasteiger partial charge in [-0.2, -0.15) is 11.8 Å². The summed E-state index contributed by atoms with van der Waals surface area (Å²) in [6, 6.07) is 10.3. The van der Waals surface area contributed by atoms with Crippen LogP contribution in [-0.2, 0) is 10.3 Å². The van der Waals surface area contributed by atoms with Gasteiger partial charge in [-0.15, -0.1) is 0 Å². The Bertz CT molecular complexity index is 381. The summed E-state index contributed by atoms with van der Waals surface area (Å²) >= 11 is 1.96. The van der Waals surface area contributed by atoms with Crippen molar-refractivity contribution in [1.82, 2.24) is 5.32 Å². The van der Waals surface area contributed by atoms with E-state index < -0.39 is 0 Å². The Balaban J connectivity index is 2.06. The average molecular weight is 295 g/mol. The highest BCUT2D eigenvalue weighted by Crippen LogP contribution is 2.30. The molecule has 0 saturated carbocycles. The first kappa shape index (κ1) is 15.8. The monoisotopic (exact) mass is 295 g/mol. The molecule has 0 bridgehead atoms. The molecule has 1 aromatic carbocycles. The van der Waals surface area contributed by atoms with Gasteiger partial charge in [0.2, 0.25) is 0 Å². The molecule has 0 spiro atoms. The Hall–Kier alpha value is -0.550. The van der Waals surface area contributed by atoms with Crippen LogP contribution in [0.25, 0.3) is 0 Å². The standard InChI is InChI=1S/C16H25NO2S/c1-2-17-16(12-18,14-6-4-3-5-7-14)13-20-15-8-10-19-11-9-15/h3-7,15,17-18H,2,8-13H2,1H3. The lowest BCUT2D eigenvalue weighted by atomic mass is 9.92. The molecule has 1 aliphatic heterocycles. The molecule has 4 heteroatoms. The highest BCUT2D eigenvalue weighted by atomic mass is 32.2. The normalized spacial score (nSPS) is 19.7. The second-order valence-electron chi connectivity index (χ2n) is 5.26. The summed E-state index contributed by atoms with van der Waals surface area (Å²) in [5, 5.41) is 14.1. The van der Waals surface area contributed by atoms with Crippen molar-refractivity contribution in [1.29, 1.82) is 0 Å². The largest absolute Gasteiger partial charge is 0.394 e. The SMILES string of the molecule is CCNC(CO)(CSC1CCOCC1)c1ccccc1. The number of benzene rings is 1. The minimum atomic E-state index is -0.334. The fourth-order valence-corrected chi connectivity index (χ4v) is 4.03. The van der Waals surface area contributed by atoms with Crippen LogP contribution >= 0.6 is 11.8 Å². The Kier molecular flexibility index (Phi) is 6.36. The predicted octanol–water partition coefficient (Wildman–Crippen LogP) is 2.40. The molecule has 0 aliphatic carbocycles. The van der Waals surface area contributed by atoms with E-state index in [4.69, 9.17) is 4.74 Å². The maximum absolute atomic E-state index is 9.99. The molecule has 1 aliphatic rings. The van der Waals surface area contributed by atoms with E-state index in [1.807, 2.05) is 30.0 Å². The van der Waals surface area contributed by atoms with E-state index in [-0.39, 0.29) is 12.1 Å². The minimum absolute atomic E-state index is 0.126. The van der Waals surface area contributed by atoms with Crippen LogP contribution in [0.15, 0.2) is 30.3 Å². The Morgan fingerprint density at radius 3 is 2.60 bits per heavy atom. The number of rotatable bonds is 7. The third kappa shape index (κ3) is 3.98. The van der Waals surface area contributed by atoms with Gasteiger partial charge in [-0.05, 0) is 24.9 Å². The molecule has 1 aromatic rings. The van der Waals surface area contributed by atoms with Crippen LogP contribution in [0.4, 0.5) is 0 Å². The quantitative estimate of drug-likeness (QED) is 0.810. The van der Waals surface area contributed by atoms with Gasteiger partial charge < -0.3 is 15.2 Å². The molecule has 2 N–H and O–H groups in total. The lowest BCUT2D eigenvalue weighted by molar-refractivity contribution is 0.0998. The molecule has 0 radical (unpaired) electrons. The summed E-state index contributed by atoms with van der Waals surface area (Å²) in [4.78, 5) is 0. The van der Waals surface area contributed by atoms with E-state index in [9.17, 15) is 5.11 Å². The number of hydrogen-bond acceptors (Lipinski definition) is 4. The summed E-state index contributed by atoms with van der Waals surface area (Å²) < 4.78 is 5.41. The Morgan fingerprint density at radius 1 is 1.30 bits per heavy atom. The lowest BCUT2D eigenvalue weighted by Gasteiger charge is -2.35. The molecule has 1 unspecified atom stereocenters. The molecular weight excluding hydrogens is 270 g/mol. The van der Waals surface area contributed by atoms with Crippen molar-refractivity contribution < 1.29 is 9.84 Å². The fraction of sp³-hybridized carbons (Fsp3) is 0.625. The van der Waals surface area contributed by atoms with Gasteiger partial charge in [0.05, 0.1) is 12.1 Å². The summed E-state index contributed by atoms with van der Waals surface area (Å²) in [7, 11) is 0. The van der Waals surface area contributed by atoms with Crippen LogP contribution in [-0.4, -0.2) is 42.5 Å². The van der Waals surface area contributed by atoms with Crippen LogP contribution in [0.3, 0.4) is 0 Å². The third-order valence-electron chi connectivity index (χ3n) is 3.85. The van der Waals surface area contributed by atoms with Crippen LogP contribution in [0.2, 0.25) is 0 Å². The van der Waals surface area contributed by atoms with Crippen molar-refractivity contribution in [2.75, 3.05) is 32.1 Å². The van der Waals surface area contributed by atoms with Crippen molar-refractivity contribution in [3.63, 3.8) is 0 Å². The van der Waals surface area contributed by atoms with E-state index in [0.29, 0.717) is 5.25 Å². The molecule has 2 rings (SSSR count). The van der Waals surface area contributed by atoms with Crippen molar-refractivity contribution in [2.24, 2.45) is 0 Å². The molecular formula is C16H25NO2S. The number of ether oxygens (including phenoxy) is 1. The highest BCUT2D eigenvalue weighted by molar-refractivity contribution is 7.99. The molecule has 1 fully saturated rings. The molecule has 112 valence electrons. The molecule has 1 saturated heterocycles. The molecule has 1 atom stereocenters. The van der Waals surface area contributed by atoms with Gasteiger partial charge in [0, 0.05) is 24.2 Å². The fourth-order valence-electron chi connectivity index (χ4n) is 2.63. The van der Waals surface area contributed by atoms with Crippen molar-refractivity contribution in [3.05, 3.63) is 35.9 Å². The second kappa shape index (κ2) is 8.03. The number of hydrogen-bond donors (Lipinski definition) is 2. The van der Waals surface area contributed by atoms with E-state index in [1.54, 1.807) is 0 Å². The highest BCUT2D eigenvalue weighted by Gasteiger charge is 2.31. The first-order chi connectivity index (χ1) is 9.80. The average Bonchev–Trinajstić information content (AvgIpc) is 2.53. The first-order valence-corrected chi connectivity index (χ1v) is 8.46. The lowest BCUT2D eigenvalue weighted by Crippen LogP contribution is -2.48. The van der Waals surface area contributed by atoms with Crippen molar-refractivity contribution in [3.8, 4) is 0 Å². The maximum atomic E-state index is 9.99. The summed E-state index contributed by atoms with van der Waals surface area (Å²) in [5.74, 6) is 0.895.